The third-order valence-corrected chi connectivity index (χ3v) is 5.80. The molecule has 1 aromatic heterocycles. The third-order valence-electron chi connectivity index (χ3n) is 5.80. The summed E-state index contributed by atoms with van der Waals surface area (Å²) in [5.41, 5.74) is 2.66. The number of methoxy groups -OCH3 is 1. The van der Waals surface area contributed by atoms with Crippen LogP contribution in [0.1, 0.15) is 35.2 Å². The first-order chi connectivity index (χ1) is 11.6. The Labute approximate surface area is 154 Å². The fourth-order valence-corrected chi connectivity index (χ4v) is 4.13. The lowest BCUT2D eigenvalue weighted by Gasteiger charge is -2.47. The fraction of sp³-hybridized carbons (Fsp3) is 0.526. The maximum atomic E-state index is 12.7. The summed E-state index contributed by atoms with van der Waals surface area (Å²) in [7, 11) is 1.64. The summed E-state index contributed by atoms with van der Waals surface area (Å²) in [6.45, 7) is 5.92. The number of fused-ring (bicyclic) bond motifs is 4. The molecule has 0 atom stereocenters. The van der Waals surface area contributed by atoms with Crippen LogP contribution in [0.4, 0.5) is 0 Å². The number of carbonyl (C=O) groups excluding carboxylic acids is 1. The monoisotopic (exact) mass is 364 g/mol. The maximum Gasteiger partial charge on any atom is 0.340 e. The number of aromatic amines is 1. The fourth-order valence-electron chi connectivity index (χ4n) is 4.13. The summed E-state index contributed by atoms with van der Waals surface area (Å²) >= 11 is 0. The Morgan fingerprint density at radius 2 is 1.92 bits per heavy atom. The average Bonchev–Trinajstić information content (AvgIpc) is 3.05. The topological polar surface area (TPSA) is 54.6 Å². The summed E-state index contributed by atoms with van der Waals surface area (Å²) in [4.78, 5) is 18.4. The number of hydrogen-bond acceptors (Lipinski definition) is 4. The molecule has 5 rings (SSSR count). The molecular weight excluding hydrogens is 340 g/mol. The van der Waals surface area contributed by atoms with E-state index in [-0.39, 0.29) is 23.8 Å². The van der Waals surface area contributed by atoms with Crippen molar-refractivity contribution in [2.24, 2.45) is 5.41 Å². The van der Waals surface area contributed by atoms with Crippen LogP contribution >= 0.6 is 12.4 Å². The van der Waals surface area contributed by atoms with Gasteiger partial charge in [0.25, 0.3) is 0 Å². The molecule has 3 aliphatic heterocycles. The molecule has 0 unspecified atom stereocenters. The number of carbonyl (C=O) groups is 1. The van der Waals surface area contributed by atoms with Crippen LogP contribution in [0.5, 0.6) is 5.75 Å². The number of H-pyrrole nitrogens is 1. The van der Waals surface area contributed by atoms with Crippen molar-refractivity contribution in [3.05, 3.63) is 29.5 Å². The first kappa shape index (κ1) is 18.1. The van der Waals surface area contributed by atoms with Gasteiger partial charge >= 0.3 is 5.97 Å². The molecule has 3 fully saturated rings. The molecule has 2 bridgehead atoms. The Morgan fingerprint density at radius 3 is 2.56 bits per heavy atom. The second-order valence-corrected chi connectivity index (χ2v) is 7.21. The number of benzene rings is 1. The molecule has 6 heteroatoms. The molecule has 3 aliphatic rings. The summed E-state index contributed by atoms with van der Waals surface area (Å²) in [6, 6.07) is 3.96. The first-order valence-corrected chi connectivity index (χ1v) is 8.66. The van der Waals surface area contributed by atoms with Gasteiger partial charge in [0.15, 0.2) is 0 Å². The molecule has 25 heavy (non-hydrogen) atoms. The number of nitrogens with one attached hydrogen (secondary N) is 1. The van der Waals surface area contributed by atoms with Crippen LogP contribution in [0, 0.1) is 12.3 Å². The summed E-state index contributed by atoms with van der Waals surface area (Å²) in [5.74, 6) is 0.484. The van der Waals surface area contributed by atoms with Crippen molar-refractivity contribution in [2.45, 2.75) is 26.2 Å². The Bertz CT molecular complexity index is 765. The lowest BCUT2D eigenvalue weighted by Crippen LogP contribution is -2.50. The quantitative estimate of drug-likeness (QED) is 0.843. The number of hydrogen-bond donors (Lipinski definition) is 1. The molecule has 0 amide bonds. The second-order valence-electron chi connectivity index (χ2n) is 7.21. The highest BCUT2D eigenvalue weighted by molar-refractivity contribution is 6.07. The van der Waals surface area contributed by atoms with E-state index in [1.54, 1.807) is 13.3 Å². The van der Waals surface area contributed by atoms with Gasteiger partial charge in [-0.2, -0.15) is 0 Å². The van der Waals surface area contributed by atoms with Gasteiger partial charge in [0.2, 0.25) is 0 Å². The van der Waals surface area contributed by atoms with E-state index in [4.69, 9.17) is 9.47 Å². The van der Waals surface area contributed by atoms with Gasteiger partial charge in [-0.1, -0.05) is 6.07 Å². The van der Waals surface area contributed by atoms with Crippen molar-refractivity contribution in [1.82, 2.24) is 9.88 Å². The normalized spacial score (nSPS) is 24.8. The zero-order valence-corrected chi connectivity index (χ0v) is 15.6. The predicted octanol–water partition coefficient (Wildman–Crippen LogP) is 3.55. The van der Waals surface area contributed by atoms with E-state index in [0.717, 1.165) is 61.1 Å². The van der Waals surface area contributed by atoms with Gasteiger partial charge < -0.3 is 19.4 Å². The molecule has 1 aromatic carbocycles. The molecule has 3 saturated heterocycles. The Hall–Kier alpha value is -1.72. The highest BCUT2D eigenvalue weighted by Crippen LogP contribution is 2.40. The number of ether oxygens (including phenoxy) is 2. The minimum atomic E-state index is -0.257. The van der Waals surface area contributed by atoms with E-state index in [0.29, 0.717) is 12.2 Å². The van der Waals surface area contributed by atoms with Gasteiger partial charge in [-0.25, -0.2) is 4.79 Å². The SMILES string of the molecule is COc1c(C)ccc2[nH]cc(C(=O)OCC34CCN(CC3)CC4)c12.Cl. The number of piperidine rings is 3. The van der Waals surface area contributed by atoms with Crippen molar-refractivity contribution in [3.63, 3.8) is 0 Å². The number of esters is 1. The lowest BCUT2D eigenvalue weighted by molar-refractivity contribution is -0.0304. The molecule has 0 saturated carbocycles. The van der Waals surface area contributed by atoms with Crippen LogP contribution in [0.15, 0.2) is 18.3 Å². The van der Waals surface area contributed by atoms with Gasteiger partial charge in [0, 0.05) is 11.6 Å². The summed E-state index contributed by atoms with van der Waals surface area (Å²) in [5, 5.41) is 0.818. The Morgan fingerprint density at radius 1 is 1.24 bits per heavy atom. The lowest BCUT2D eigenvalue weighted by atomic mass is 9.73. The Balaban J connectivity index is 0.00000182. The zero-order valence-electron chi connectivity index (χ0n) is 14.8. The molecule has 1 N–H and O–H groups in total. The van der Waals surface area contributed by atoms with Crippen LogP contribution in [0.2, 0.25) is 0 Å². The molecule has 2 aromatic rings. The maximum absolute atomic E-state index is 12.7. The van der Waals surface area contributed by atoms with Gasteiger partial charge in [-0.15, -0.1) is 12.4 Å². The molecule has 0 aliphatic carbocycles. The van der Waals surface area contributed by atoms with Gasteiger partial charge in [-0.3, -0.25) is 0 Å². The highest BCUT2D eigenvalue weighted by Gasteiger charge is 2.40. The number of aromatic nitrogens is 1. The van der Waals surface area contributed by atoms with Crippen LogP contribution < -0.4 is 4.74 Å². The van der Waals surface area contributed by atoms with Crippen molar-refractivity contribution in [1.29, 1.82) is 0 Å². The molecule has 0 spiro atoms. The number of rotatable bonds is 4. The third kappa shape index (κ3) is 3.11. The Kier molecular flexibility index (Phi) is 4.98. The smallest absolute Gasteiger partial charge is 0.340 e. The van der Waals surface area contributed by atoms with Crippen molar-refractivity contribution >= 4 is 29.3 Å². The average molecular weight is 365 g/mol. The minimum Gasteiger partial charge on any atom is -0.496 e. The van der Waals surface area contributed by atoms with E-state index in [9.17, 15) is 4.79 Å². The predicted molar refractivity (Wildman–Crippen MR) is 99.8 cm³/mol. The number of aryl methyl sites for hydroxylation is 1. The van der Waals surface area contributed by atoms with Gasteiger partial charge in [0.05, 0.1) is 30.2 Å². The standard InChI is InChI=1S/C19H24N2O3.ClH/c1-13-3-4-15-16(17(13)23-2)14(11-20-15)18(22)24-12-19-5-8-21(9-6-19)10-7-19;/h3-4,11,20H,5-10,12H2,1-2H3;1H. The second kappa shape index (κ2) is 6.89. The first-order valence-electron chi connectivity index (χ1n) is 8.66. The van der Waals surface area contributed by atoms with Gasteiger partial charge in [-0.05, 0) is 57.5 Å². The van der Waals surface area contributed by atoms with Crippen molar-refractivity contribution in [2.75, 3.05) is 33.4 Å². The summed E-state index contributed by atoms with van der Waals surface area (Å²) < 4.78 is 11.3. The zero-order chi connectivity index (χ0) is 16.7. The van der Waals surface area contributed by atoms with Crippen LogP contribution in [-0.4, -0.2) is 49.2 Å². The number of nitrogens with zero attached hydrogens (tertiary/aromatic N) is 1. The molecule has 5 nitrogen and oxygen atoms in total. The molecule has 136 valence electrons. The summed E-state index contributed by atoms with van der Waals surface area (Å²) in [6.07, 6.45) is 5.14. The van der Waals surface area contributed by atoms with E-state index in [1.165, 1.54) is 0 Å². The molecular formula is C19H25ClN2O3. The largest absolute Gasteiger partial charge is 0.496 e. The van der Waals surface area contributed by atoms with Crippen LogP contribution in [0.3, 0.4) is 0 Å². The highest BCUT2D eigenvalue weighted by atomic mass is 35.5. The molecule has 4 heterocycles. The van der Waals surface area contributed by atoms with E-state index < -0.39 is 0 Å². The van der Waals surface area contributed by atoms with E-state index in [1.807, 2.05) is 19.1 Å². The van der Waals surface area contributed by atoms with E-state index >= 15 is 0 Å². The van der Waals surface area contributed by atoms with Crippen molar-refractivity contribution in [3.8, 4) is 5.75 Å². The van der Waals surface area contributed by atoms with Crippen LogP contribution in [0.25, 0.3) is 10.9 Å². The molecule has 0 radical (unpaired) electrons. The number of halogens is 1. The minimum absolute atomic E-state index is 0. The van der Waals surface area contributed by atoms with E-state index in [2.05, 4.69) is 9.88 Å². The van der Waals surface area contributed by atoms with Crippen LogP contribution in [-0.2, 0) is 4.74 Å². The van der Waals surface area contributed by atoms with Crippen molar-refractivity contribution < 1.29 is 14.3 Å². The van der Waals surface area contributed by atoms with Gasteiger partial charge in [0.1, 0.15) is 5.75 Å².